The van der Waals surface area contributed by atoms with Crippen molar-refractivity contribution in [2.45, 2.75) is 164 Å². The molecule has 3 aliphatic rings. The Morgan fingerprint density at radius 1 is 0.905 bits per heavy atom. The van der Waals surface area contributed by atoms with Crippen molar-refractivity contribution in [2.75, 3.05) is 0 Å². The first kappa shape index (κ1) is 33.4. The summed E-state index contributed by atoms with van der Waals surface area (Å²) >= 11 is 0. The first-order chi connectivity index (χ1) is 20.0. The summed E-state index contributed by atoms with van der Waals surface area (Å²) in [5.41, 5.74) is -0.721. The van der Waals surface area contributed by atoms with Gasteiger partial charge in [0, 0.05) is 0 Å². The minimum atomic E-state index is -5.02. The van der Waals surface area contributed by atoms with Crippen LogP contribution in [0, 0.1) is 0 Å². The average Bonchev–Trinajstić information content (AvgIpc) is 3.76. The van der Waals surface area contributed by atoms with E-state index >= 15 is 0 Å². The standard InChI is InChI=1S/C34H52F3O4P/c1-3-14-28(38)25-33(40,27-16-5-4-6-17-27)24-13-15-26(2)42(29-18-7-8-19-29,30-20-9-10-21-30,31-22-11-12-23-31)41-32(39)34(35,36)37/h4-6,16-17,26,29-31,40H,3,7-15,18-25H2,1-2H3. The van der Waals surface area contributed by atoms with Gasteiger partial charge in [0.15, 0.2) is 0 Å². The van der Waals surface area contributed by atoms with Gasteiger partial charge in [-0.2, -0.15) is 0 Å². The molecule has 0 saturated heterocycles. The summed E-state index contributed by atoms with van der Waals surface area (Å²) in [6, 6.07) is 9.29. The van der Waals surface area contributed by atoms with Crippen molar-refractivity contribution in [3.05, 3.63) is 35.9 Å². The quantitative estimate of drug-likeness (QED) is 0.213. The molecule has 4 nitrogen and oxygen atoms in total. The SMILES string of the molecule is CCCC(=O)CC(O)(CCCC(C)P(OC(=O)C(F)(F)F)(C1CCCC1)(C1CCCC1)C1CCCC1)c1ccccc1. The fourth-order valence-corrected chi connectivity index (χ4v) is 19.9. The maximum absolute atomic E-state index is 14.1. The number of Topliss-reactive ketones (excluding diaryl/α,β-unsaturated/α-hetero) is 1. The van der Waals surface area contributed by atoms with Crippen LogP contribution in [0.15, 0.2) is 30.3 Å². The van der Waals surface area contributed by atoms with Crippen molar-refractivity contribution in [3.8, 4) is 0 Å². The Labute approximate surface area is 250 Å². The van der Waals surface area contributed by atoms with E-state index in [1.165, 1.54) is 0 Å². The first-order valence-electron chi connectivity index (χ1n) is 16.6. The third-order valence-corrected chi connectivity index (χ3v) is 20.3. The zero-order valence-corrected chi connectivity index (χ0v) is 26.6. The Balaban J connectivity index is 1.73. The number of rotatable bonds is 14. The molecule has 0 spiro atoms. The van der Waals surface area contributed by atoms with Crippen LogP contribution in [-0.4, -0.2) is 45.7 Å². The summed E-state index contributed by atoms with van der Waals surface area (Å²) < 4.78 is 48.8. The first-order valence-corrected chi connectivity index (χ1v) is 19.0. The van der Waals surface area contributed by atoms with Crippen LogP contribution in [0.1, 0.15) is 135 Å². The number of benzene rings is 1. The molecule has 238 valence electrons. The van der Waals surface area contributed by atoms with Crippen molar-refractivity contribution >= 4 is 18.6 Å². The van der Waals surface area contributed by atoms with Gasteiger partial charge in [-0.15, -0.1) is 0 Å². The topological polar surface area (TPSA) is 63.6 Å². The Hall–Kier alpha value is -1.46. The molecule has 0 heterocycles. The van der Waals surface area contributed by atoms with Crippen LogP contribution in [0.25, 0.3) is 0 Å². The fourth-order valence-electron chi connectivity index (χ4n) is 9.64. The van der Waals surface area contributed by atoms with Crippen molar-refractivity contribution in [3.63, 3.8) is 0 Å². The summed E-state index contributed by atoms with van der Waals surface area (Å²) in [4.78, 5) is 25.8. The van der Waals surface area contributed by atoms with E-state index in [1.807, 2.05) is 37.3 Å². The van der Waals surface area contributed by atoms with Gasteiger partial charge in [-0.25, -0.2) is 0 Å². The van der Waals surface area contributed by atoms with Crippen molar-refractivity contribution in [1.29, 1.82) is 0 Å². The molecule has 3 fully saturated rings. The molecule has 3 aliphatic carbocycles. The van der Waals surface area contributed by atoms with Gasteiger partial charge in [-0.1, -0.05) is 0 Å². The molecule has 2 unspecified atom stereocenters. The number of ketones is 1. The molecule has 4 rings (SSSR count). The molecular weight excluding hydrogens is 560 g/mol. The van der Waals surface area contributed by atoms with E-state index in [0.717, 1.165) is 77.0 Å². The Morgan fingerprint density at radius 2 is 1.38 bits per heavy atom. The molecule has 0 aliphatic heterocycles. The third kappa shape index (κ3) is 6.34. The van der Waals surface area contributed by atoms with E-state index in [2.05, 4.69) is 6.92 Å². The molecular formula is C34H52F3O4P. The number of hydrogen-bond acceptors (Lipinski definition) is 4. The van der Waals surface area contributed by atoms with Gasteiger partial charge < -0.3 is 0 Å². The van der Waals surface area contributed by atoms with Crippen LogP contribution in [0.5, 0.6) is 0 Å². The van der Waals surface area contributed by atoms with Gasteiger partial charge in [0.1, 0.15) is 0 Å². The molecule has 1 aromatic rings. The Bertz CT molecular complexity index is 999. The number of hydrogen-bond donors (Lipinski definition) is 1. The average molecular weight is 613 g/mol. The molecule has 0 aromatic heterocycles. The van der Waals surface area contributed by atoms with E-state index in [0.29, 0.717) is 37.7 Å². The van der Waals surface area contributed by atoms with Gasteiger partial charge in [-0.05, 0) is 0 Å². The molecule has 3 saturated carbocycles. The minimum absolute atomic E-state index is 0.0125. The number of carbonyl (C=O) groups excluding carboxylic acids is 2. The number of carbonyl (C=O) groups is 2. The summed E-state index contributed by atoms with van der Waals surface area (Å²) in [7, 11) is 0. The van der Waals surface area contributed by atoms with E-state index in [-0.39, 0.29) is 34.8 Å². The van der Waals surface area contributed by atoms with Gasteiger partial charge in [0.2, 0.25) is 0 Å². The van der Waals surface area contributed by atoms with E-state index in [1.54, 1.807) is 0 Å². The van der Waals surface area contributed by atoms with Gasteiger partial charge in [0.25, 0.3) is 0 Å². The van der Waals surface area contributed by atoms with Crippen LogP contribution in [0.3, 0.4) is 0 Å². The fraction of sp³-hybridized carbons (Fsp3) is 0.765. The predicted molar refractivity (Wildman–Crippen MR) is 164 cm³/mol. The van der Waals surface area contributed by atoms with E-state index in [9.17, 15) is 27.9 Å². The maximum atomic E-state index is 14.1. The van der Waals surface area contributed by atoms with Crippen LogP contribution < -0.4 is 0 Å². The van der Waals surface area contributed by atoms with Crippen LogP contribution >= 0.6 is 6.83 Å². The summed E-state index contributed by atoms with van der Waals surface area (Å²) in [6.07, 6.45) is 8.56. The van der Waals surface area contributed by atoms with Crippen LogP contribution in [0.4, 0.5) is 13.2 Å². The van der Waals surface area contributed by atoms with Crippen LogP contribution in [-0.2, 0) is 19.7 Å². The monoisotopic (exact) mass is 612 g/mol. The zero-order chi connectivity index (χ0) is 30.5. The molecule has 0 bridgehead atoms. The van der Waals surface area contributed by atoms with Crippen LogP contribution in [0.2, 0.25) is 0 Å². The second kappa shape index (κ2) is 13.7. The zero-order valence-electron chi connectivity index (χ0n) is 25.7. The summed E-state index contributed by atoms with van der Waals surface area (Å²) in [5, 5.41) is 11.9. The third-order valence-electron chi connectivity index (χ3n) is 11.3. The molecule has 0 amide bonds. The summed E-state index contributed by atoms with van der Waals surface area (Å²) in [5.74, 6) is -1.96. The van der Waals surface area contributed by atoms with Gasteiger partial charge in [-0.3, -0.25) is 0 Å². The van der Waals surface area contributed by atoms with Crippen molar-refractivity contribution in [1.82, 2.24) is 0 Å². The number of aliphatic hydroxyl groups is 1. The van der Waals surface area contributed by atoms with E-state index in [4.69, 9.17) is 4.52 Å². The Kier molecular flexibility index (Phi) is 10.9. The normalized spacial score (nSPS) is 22.5. The molecule has 2 atom stereocenters. The predicted octanol–water partition coefficient (Wildman–Crippen LogP) is 9.59. The second-order valence-electron chi connectivity index (χ2n) is 13.6. The molecule has 1 N–H and O–H groups in total. The number of halogens is 3. The molecule has 0 radical (unpaired) electrons. The molecule has 1 aromatic carbocycles. The van der Waals surface area contributed by atoms with E-state index < -0.39 is 24.6 Å². The molecule has 8 heteroatoms. The molecule has 42 heavy (non-hydrogen) atoms. The van der Waals surface area contributed by atoms with Crippen molar-refractivity contribution < 1.29 is 32.4 Å². The van der Waals surface area contributed by atoms with Gasteiger partial charge in [0.05, 0.1) is 0 Å². The summed E-state index contributed by atoms with van der Waals surface area (Å²) in [6.45, 7) is 0.251. The van der Waals surface area contributed by atoms with Gasteiger partial charge >= 0.3 is 251 Å². The van der Waals surface area contributed by atoms with Crippen molar-refractivity contribution in [2.24, 2.45) is 0 Å². The number of alkyl halides is 3. The Morgan fingerprint density at radius 3 is 1.81 bits per heavy atom. The second-order valence-corrected chi connectivity index (χ2v) is 19.5.